The summed E-state index contributed by atoms with van der Waals surface area (Å²) < 4.78 is 28.3. The maximum Gasteiger partial charge on any atom is 0.172 e. The van der Waals surface area contributed by atoms with E-state index < -0.39 is 11.6 Å². The van der Waals surface area contributed by atoms with Gasteiger partial charge in [0, 0.05) is 5.56 Å². The lowest BCUT2D eigenvalue weighted by molar-refractivity contribution is 0.111. The Hall–Kier alpha value is -2.89. The number of halogens is 2. The molecule has 3 rings (SSSR count). The molecule has 0 spiro atoms. The lowest BCUT2D eigenvalue weighted by Gasteiger charge is -2.07. The zero-order valence-electron chi connectivity index (χ0n) is 10.7. The summed E-state index contributed by atoms with van der Waals surface area (Å²) in [5.74, 6) is -0.895. The van der Waals surface area contributed by atoms with Gasteiger partial charge in [0.05, 0.1) is 5.69 Å². The van der Waals surface area contributed by atoms with Gasteiger partial charge in [-0.05, 0) is 36.4 Å². The van der Waals surface area contributed by atoms with Crippen molar-refractivity contribution in [3.8, 4) is 16.9 Å². The van der Waals surface area contributed by atoms with Crippen molar-refractivity contribution in [2.75, 3.05) is 0 Å². The van der Waals surface area contributed by atoms with Crippen molar-refractivity contribution in [2.24, 2.45) is 0 Å². The number of nitrogens with zero attached hydrogens (tertiary/aromatic N) is 3. The SMILES string of the molecule is O=Cc1nnn(-c2ccc(F)cc2)c1-c1ccccc1F. The van der Waals surface area contributed by atoms with Gasteiger partial charge < -0.3 is 0 Å². The summed E-state index contributed by atoms with van der Waals surface area (Å²) in [6.45, 7) is 0. The highest BCUT2D eigenvalue weighted by Gasteiger charge is 2.18. The van der Waals surface area contributed by atoms with Gasteiger partial charge >= 0.3 is 0 Å². The fourth-order valence-electron chi connectivity index (χ4n) is 2.04. The molecule has 0 aliphatic rings. The molecule has 6 heteroatoms. The Morgan fingerprint density at radius 3 is 2.38 bits per heavy atom. The highest BCUT2D eigenvalue weighted by molar-refractivity contribution is 5.84. The zero-order valence-corrected chi connectivity index (χ0v) is 10.7. The Morgan fingerprint density at radius 1 is 1.00 bits per heavy atom. The standard InChI is InChI=1S/C15H9F2N3O/c16-10-5-7-11(8-6-10)20-15(14(9-21)18-19-20)12-3-1-2-4-13(12)17/h1-9H. The molecule has 0 saturated carbocycles. The quantitative estimate of drug-likeness (QED) is 0.695. The predicted molar refractivity (Wildman–Crippen MR) is 72.1 cm³/mol. The van der Waals surface area contributed by atoms with Gasteiger partial charge in [0.1, 0.15) is 17.3 Å². The predicted octanol–water partition coefficient (Wildman–Crippen LogP) is 3.03. The number of carbonyl (C=O) groups is 1. The molecular weight excluding hydrogens is 276 g/mol. The first-order valence-corrected chi connectivity index (χ1v) is 6.12. The van der Waals surface area contributed by atoms with Gasteiger partial charge in [0.25, 0.3) is 0 Å². The van der Waals surface area contributed by atoms with E-state index in [0.717, 1.165) is 0 Å². The van der Waals surface area contributed by atoms with Crippen LogP contribution in [0.25, 0.3) is 16.9 Å². The summed E-state index contributed by atoms with van der Waals surface area (Å²) in [6, 6.07) is 11.5. The Kier molecular flexibility index (Phi) is 3.27. The Balaban J connectivity index is 2.24. The van der Waals surface area contributed by atoms with Gasteiger partial charge in [0.2, 0.25) is 0 Å². The monoisotopic (exact) mass is 285 g/mol. The Labute approximate surface area is 118 Å². The molecule has 4 nitrogen and oxygen atoms in total. The average Bonchev–Trinajstić information content (AvgIpc) is 2.92. The number of rotatable bonds is 3. The van der Waals surface area contributed by atoms with Crippen LogP contribution in [0.15, 0.2) is 48.5 Å². The van der Waals surface area contributed by atoms with Crippen LogP contribution >= 0.6 is 0 Å². The molecule has 1 aromatic heterocycles. The van der Waals surface area contributed by atoms with Gasteiger partial charge in [-0.3, -0.25) is 4.79 Å². The topological polar surface area (TPSA) is 47.8 Å². The highest BCUT2D eigenvalue weighted by atomic mass is 19.1. The first kappa shape index (κ1) is 13.1. The molecule has 0 unspecified atom stereocenters. The zero-order chi connectivity index (χ0) is 14.8. The van der Waals surface area contributed by atoms with E-state index in [0.29, 0.717) is 12.0 Å². The summed E-state index contributed by atoms with van der Waals surface area (Å²) >= 11 is 0. The molecule has 1 heterocycles. The van der Waals surface area contributed by atoms with E-state index in [1.54, 1.807) is 12.1 Å². The molecule has 3 aromatic rings. The molecule has 0 radical (unpaired) electrons. The van der Waals surface area contributed by atoms with Crippen LogP contribution in [0.3, 0.4) is 0 Å². The fraction of sp³-hybridized carbons (Fsp3) is 0. The van der Waals surface area contributed by atoms with Crippen molar-refractivity contribution in [1.82, 2.24) is 15.0 Å². The Bertz CT molecular complexity index is 797. The number of aromatic nitrogens is 3. The molecule has 0 atom stereocenters. The number of aldehydes is 1. The second-order valence-electron chi connectivity index (χ2n) is 4.31. The smallest absolute Gasteiger partial charge is 0.172 e. The first-order chi connectivity index (χ1) is 10.2. The van der Waals surface area contributed by atoms with Crippen LogP contribution in [-0.2, 0) is 0 Å². The number of carbonyl (C=O) groups excluding carboxylic acids is 1. The maximum atomic E-state index is 14.0. The highest BCUT2D eigenvalue weighted by Crippen LogP contribution is 2.26. The normalized spacial score (nSPS) is 10.6. The molecule has 2 aromatic carbocycles. The van der Waals surface area contributed by atoms with Crippen LogP contribution in [-0.4, -0.2) is 21.3 Å². The van der Waals surface area contributed by atoms with Crippen LogP contribution in [0.2, 0.25) is 0 Å². The molecule has 0 fully saturated rings. The van der Waals surface area contributed by atoms with Crippen LogP contribution in [0, 0.1) is 11.6 Å². The van der Waals surface area contributed by atoms with Crippen molar-refractivity contribution in [3.05, 3.63) is 65.9 Å². The van der Waals surface area contributed by atoms with Crippen molar-refractivity contribution < 1.29 is 13.6 Å². The molecule has 0 amide bonds. The molecule has 21 heavy (non-hydrogen) atoms. The van der Waals surface area contributed by atoms with Crippen molar-refractivity contribution >= 4 is 6.29 Å². The summed E-state index contributed by atoms with van der Waals surface area (Å²) in [5.41, 5.74) is 0.934. The van der Waals surface area contributed by atoms with E-state index >= 15 is 0 Å². The molecule has 0 N–H and O–H groups in total. The van der Waals surface area contributed by atoms with Crippen LogP contribution < -0.4 is 0 Å². The number of hydrogen-bond donors (Lipinski definition) is 0. The minimum atomic E-state index is -0.494. The van der Waals surface area contributed by atoms with E-state index in [-0.39, 0.29) is 17.0 Å². The molecule has 0 aliphatic carbocycles. The number of hydrogen-bond acceptors (Lipinski definition) is 3. The minimum absolute atomic E-state index is 0.0180. The molecule has 0 bridgehead atoms. The lowest BCUT2D eigenvalue weighted by atomic mass is 10.1. The molecule has 0 saturated heterocycles. The second-order valence-corrected chi connectivity index (χ2v) is 4.31. The summed E-state index contributed by atoms with van der Waals surface area (Å²) in [6.07, 6.45) is 0.509. The van der Waals surface area contributed by atoms with Gasteiger partial charge in [-0.15, -0.1) is 5.10 Å². The summed E-state index contributed by atoms with van der Waals surface area (Å²) in [7, 11) is 0. The Morgan fingerprint density at radius 2 is 1.71 bits per heavy atom. The lowest BCUT2D eigenvalue weighted by Crippen LogP contribution is -2.01. The van der Waals surface area contributed by atoms with Crippen molar-refractivity contribution in [1.29, 1.82) is 0 Å². The largest absolute Gasteiger partial charge is 0.296 e. The van der Waals surface area contributed by atoms with Gasteiger partial charge in [-0.25, -0.2) is 13.5 Å². The van der Waals surface area contributed by atoms with Gasteiger partial charge in [-0.2, -0.15) is 0 Å². The second kappa shape index (κ2) is 5.24. The van der Waals surface area contributed by atoms with Crippen molar-refractivity contribution in [2.45, 2.75) is 0 Å². The third-order valence-electron chi connectivity index (χ3n) is 3.01. The van der Waals surface area contributed by atoms with Gasteiger partial charge in [-0.1, -0.05) is 17.3 Å². The van der Waals surface area contributed by atoms with Gasteiger partial charge in [0.15, 0.2) is 12.0 Å². The van der Waals surface area contributed by atoms with Crippen molar-refractivity contribution in [3.63, 3.8) is 0 Å². The fourth-order valence-corrected chi connectivity index (χ4v) is 2.04. The average molecular weight is 285 g/mol. The van der Waals surface area contributed by atoms with Crippen LogP contribution in [0.4, 0.5) is 8.78 Å². The summed E-state index contributed by atoms with van der Waals surface area (Å²) in [5, 5.41) is 7.59. The molecule has 104 valence electrons. The van der Waals surface area contributed by atoms with E-state index in [1.807, 2.05) is 0 Å². The molecule has 0 aliphatic heterocycles. The number of benzene rings is 2. The van der Waals surface area contributed by atoms with E-state index in [2.05, 4.69) is 10.3 Å². The first-order valence-electron chi connectivity index (χ1n) is 6.12. The maximum absolute atomic E-state index is 14.0. The van der Waals surface area contributed by atoms with E-state index in [9.17, 15) is 13.6 Å². The minimum Gasteiger partial charge on any atom is -0.296 e. The van der Waals surface area contributed by atoms with Crippen LogP contribution in [0.1, 0.15) is 10.5 Å². The summed E-state index contributed by atoms with van der Waals surface area (Å²) in [4.78, 5) is 11.1. The third-order valence-corrected chi connectivity index (χ3v) is 3.01. The van der Waals surface area contributed by atoms with E-state index in [1.165, 1.54) is 41.1 Å². The van der Waals surface area contributed by atoms with Crippen LogP contribution in [0.5, 0.6) is 0 Å². The third kappa shape index (κ3) is 2.31. The van der Waals surface area contributed by atoms with E-state index in [4.69, 9.17) is 0 Å². The molecular formula is C15H9F2N3O.